The summed E-state index contributed by atoms with van der Waals surface area (Å²) in [4.78, 5) is 0. The van der Waals surface area contributed by atoms with Crippen LogP contribution in [0.4, 0.5) is 8.78 Å². The minimum atomic E-state index is -0.494. The molecule has 0 aliphatic carbocycles. The first-order valence-electron chi connectivity index (χ1n) is 8.21. The third-order valence-corrected chi connectivity index (χ3v) is 4.47. The molecule has 6 heteroatoms. The van der Waals surface area contributed by atoms with Gasteiger partial charge in [0.15, 0.2) is 5.75 Å². The number of hydrogen-bond acceptors (Lipinski definition) is 2. The lowest BCUT2D eigenvalue weighted by Gasteiger charge is -2.11. The van der Waals surface area contributed by atoms with Crippen LogP contribution in [0.25, 0.3) is 11.6 Å². The second-order valence-corrected chi connectivity index (χ2v) is 6.69. The van der Waals surface area contributed by atoms with Crippen molar-refractivity contribution in [1.82, 2.24) is 0 Å². The van der Waals surface area contributed by atoms with E-state index < -0.39 is 5.82 Å². The van der Waals surface area contributed by atoms with E-state index in [-0.39, 0.29) is 39.4 Å². The van der Waals surface area contributed by atoms with E-state index in [9.17, 15) is 14.0 Å². The van der Waals surface area contributed by atoms with Crippen molar-refractivity contribution in [2.45, 2.75) is 6.61 Å². The summed E-state index contributed by atoms with van der Waals surface area (Å²) in [6.07, 6.45) is 1.50. The molecule has 0 N–H and O–H groups in total. The summed E-state index contributed by atoms with van der Waals surface area (Å²) in [5, 5.41) is 9.87. The van der Waals surface area contributed by atoms with Crippen LogP contribution in [0.3, 0.4) is 0 Å². The fraction of sp³-hybridized carbons (Fsp3) is 0.0455. The summed E-state index contributed by atoms with van der Waals surface area (Å²) in [7, 11) is 0. The van der Waals surface area contributed by atoms with Gasteiger partial charge in [0.25, 0.3) is 0 Å². The van der Waals surface area contributed by atoms with Crippen LogP contribution in [0.1, 0.15) is 16.7 Å². The van der Waals surface area contributed by atoms with E-state index in [0.717, 1.165) is 5.56 Å². The summed E-state index contributed by atoms with van der Waals surface area (Å²) in [5.41, 5.74) is 1.62. The van der Waals surface area contributed by atoms with E-state index in [1.807, 2.05) is 6.07 Å². The van der Waals surface area contributed by atoms with Crippen molar-refractivity contribution in [1.29, 1.82) is 5.26 Å². The molecule has 3 aromatic rings. The van der Waals surface area contributed by atoms with Crippen molar-refractivity contribution in [3.05, 3.63) is 99.0 Å². The molecule has 28 heavy (non-hydrogen) atoms. The van der Waals surface area contributed by atoms with Crippen LogP contribution in [0, 0.1) is 23.0 Å². The largest absolute Gasteiger partial charge is 0.486 e. The zero-order valence-electron chi connectivity index (χ0n) is 14.4. The van der Waals surface area contributed by atoms with Crippen LogP contribution >= 0.6 is 23.2 Å². The number of nitrogens with zero attached hydrogens (tertiary/aromatic N) is 1. The van der Waals surface area contributed by atoms with Gasteiger partial charge in [-0.2, -0.15) is 5.26 Å². The number of hydrogen-bond donors (Lipinski definition) is 0. The first-order chi connectivity index (χ1) is 13.5. The van der Waals surface area contributed by atoms with Gasteiger partial charge in [0.05, 0.1) is 21.7 Å². The molecular weight excluding hydrogens is 403 g/mol. The molecule has 140 valence electrons. The zero-order chi connectivity index (χ0) is 20.1. The van der Waals surface area contributed by atoms with Crippen molar-refractivity contribution in [2.75, 3.05) is 0 Å². The van der Waals surface area contributed by atoms with E-state index in [1.54, 1.807) is 36.4 Å². The Morgan fingerprint density at radius 2 is 1.64 bits per heavy atom. The minimum Gasteiger partial charge on any atom is -0.486 e. The highest BCUT2D eigenvalue weighted by Gasteiger charge is 2.12. The molecule has 3 aromatic carbocycles. The van der Waals surface area contributed by atoms with Crippen LogP contribution in [0.15, 0.2) is 60.7 Å². The lowest BCUT2D eigenvalue weighted by atomic mass is 10.0. The fourth-order valence-electron chi connectivity index (χ4n) is 2.55. The SMILES string of the molecule is N#CC(=Cc1cc(Cl)c(OCc2ccc(F)cc2)c(Cl)c1)c1ccccc1F. The number of allylic oxidation sites excluding steroid dienone is 1. The van der Waals surface area contributed by atoms with Crippen LogP contribution in [0.5, 0.6) is 5.75 Å². The predicted molar refractivity (Wildman–Crippen MR) is 107 cm³/mol. The molecule has 0 unspecified atom stereocenters. The van der Waals surface area contributed by atoms with Crippen molar-refractivity contribution in [3.63, 3.8) is 0 Å². The second kappa shape index (κ2) is 8.88. The lowest BCUT2D eigenvalue weighted by molar-refractivity contribution is 0.306. The molecule has 0 fully saturated rings. The van der Waals surface area contributed by atoms with Crippen LogP contribution in [0.2, 0.25) is 10.0 Å². The fourth-order valence-corrected chi connectivity index (χ4v) is 3.17. The van der Waals surface area contributed by atoms with Gasteiger partial charge >= 0.3 is 0 Å². The van der Waals surface area contributed by atoms with Gasteiger partial charge in [-0.25, -0.2) is 8.78 Å². The van der Waals surface area contributed by atoms with E-state index >= 15 is 0 Å². The van der Waals surface area contributed by atoms with Crippen molar-refractivity contribution >= 4 is 34.9 Å². The molecule has 0 spiro atoms. The number of ether oxygens (including phenoxy) is 1. The van der Waals surface area contributed by atoms with Crippen molar-refractivity contribution in [3.8, 4) is 11.8 Å². The molecule has 0 aliphatic rings. The van der Waals surface area contributed by atoms with E-state index in [4.69, 9.17) is 27.9 Å². The van der Waals surface area contributed by atoms with Gasteiger partial charge in [0.2, 0.25) is 0 Å². The third-order valence-electron chi connectivity index (χ3n) is 3.91. The number of nitriles is 1. The normalized spacial score (nSPS) is 11.2. The number of benzene rings is 3. The molecule has 0 amide bonds. The van der Waals surface area contributed by atoms with Crippen LogP contribution < -0.4 is 4.74 Å². The van der Waals surface area contributed by atoms with E-state index in [1.165, 1.54) is 30.3 Å². The molecule has 2 nitrogen and oxygen atoms in total. The highest BCUT2D eigenvalue weighted by Crippen LogP contribution is 2.36. The Hall–Kier alpha value is -2.87. The van der Waals surface area contributed by atoms with Gasteiger partial charge in [-0.15, -0.1) is 0 Å². The van der Waals surface area contributed by atoms with E-state index in [0.29, 0.717) is 5.56 Å². The number of rotatable bonds is 5. The highest BCUT2D eigenvalue weighted by molar-refractivity contribution is 6.37. The first kappa shape index (κ1) is 19.9. The average molecular weight is 416 g/mol. The molecule has 0 saturated carbocycles. The zero-order valence-corrected chi connectivity index (χ0v) is 15.9. The molecule has 0 aliphatic heterocycles. The molecule has 3 rings (SSSR count). The summed E-state index contributed by atoms with van der Waals surface area (Å²) in [6.45, 7) is 0.160. The molecule has 0 aromatic heterocycles. The van der Waals surface area contributed by atoms with Crippen LogP contribution in [-0.2, 0) is 6.61 Å². The van der Waals surface area contributed by atoms with Gasteiger partial charge in [-0.05, 0) is 47.5 Å². The van der Waals surface area contributed by atoms with E-state index in [2.05, 4.69) is 0 Å². The maximum atomic E-state index is 14.0. The van der Waals surface area contributed by atoms with Crippen molar-refractivity contribution < 1.29 is 13.5 Å². The monoisotopic (exact) mass is 415 g/mol. The Bertz CT molecular complexity index is 1050. The predicted octanol–water partition coefficient (Wildman–Crippen LogP) is 6.91. The molecule has 0 atom stereocenters. The standard InChI is InChI=1S/C22H13Cl2F2NO/c23-19-10-15(9-16(12-27)18-3-1-2-4-21(18)26)11-20(24)22(19)28-13-14-5-7-17(25)8-6-14/h1-11H,13H2. The van der Waals surface area contributed by atoms with Crippen LogP contribution in [-0.4, -0.2) is 0 Å². The Balaban J connectivity index is 1.86. The van der Waals surface area contributed by atoms with Gasteiger partial charge in [0.1, 0.15) is 18.2 Å². The summed E-state index contributed by atoms with van der Waals surface area (Å²) in [5.74, 6) is -0.556. The molecule has 0 saturated heterocycles. The van der Waals surface area contributed by atoms with Crippen molar-refractivity contribution in [2.24, 2.45) is 0 Å². The summed E-state index contributed by atoms with van der Waals surface area (Å²) < 4.78 is 32.6. The lowest BCUT2D eigenvalue weighted by Crippen LogP contribution is -1.97. The molecular formula is C22H13Cl2F2NO. The molecule has 0 bridgehead atoms. The van der Waals surface area contributed by atoms with Gasteiger partial charge in [-0.1, -0.05) is 53.5 Å². The Morgan fingerprint density at radius 3 is 2.25 bits per heavy atom. The Morgan fingerprint density at radius 1 is 1.00 bits per heavy atom. The average Bonchev–Trinajstić information content (AvgIpc) is 2.67. The maximum Gasteiger partial charge on any atom is 0.157 e. The van der Waals surface area contributed by atoms with Gasteiger partial charge in [-0.3, -0.25) is 0 Å². The Kier molecular flexibility index (Phi) is 6.30. The smallest absolute Gasteiger partial charge is 0.157 e. The maximum absolute atomic E-state index is 14.0. The summed E-state index contributed by atoms with van der Waals surface area (Å²) in [6, 6.07) is 17.0. The quantitative estimate of drug-likeness (QED) is 0.334. The minimum absolute atomic E-state index is 0.144. The Labute approximate surface area is 171 Å². The van der Waals surface area contributed by atoms with Gasteiger partial charge < -0.3 is 4.74 Å². The topological polar surface area (TPSA) is 33.0 Å². The third kappa shape index (κ3) is 4.69. The second-order valence-electron chi connectivity index (χ2n) is 5.88. The highest BCUT2D eigenvalue weighted by atomic mass is 35.5. The first-order valence-corrected chi connectivity index (χ1v) is 8.96. The molecule has 0 radical (unpaired) electrons. The molecule has 0 heterocycles. The summed E-state index contributed by atoms with van der Waals surface area (Å²) >= 11 is 12.5. The van der Waals surface area contributed by atoms with Gasteiger partial charge in [0, 0.05) is 5.56 Å². The number of halogens is 4.